The van der Waals surface area contributed by atoms with Crippen LogP contribution in [0.1, 0.15) is 26.2 Å². The van der Waals surface area contributed by atoms with Gasteiger partial charge in [-0.15, -0.1) is 0 Å². The maximum atomic E-state index is 11.7. The second kappa shape index (κ2) is 4.55. The van der Waals surface area contributed by atoms with Gasteiger partial charge in [0.25, 0.3) is 0 Å². The van der Waals surface area contributed by atoms with E-state index in [1.165, 1.54) is 12.8 Å². The van der Waals surface area contributed by atoms with Gasteiger partial charge < -0.3 is 11.1 Å². The monoisotopic (exact) mass is 222 g/mol. The predicted molar refractivity (Wildman–Crippen MR) is 61.6 cm³/mol. The summed E-state index contributed by atoms with van der Waals surface area (Å²) < 4.78 is 1.56. The van der Waals surface area contributed by atoms with E-state index < -0.39 is 0 Å². The number of aromatic nitrogens is 2. The Kier molecular flexibility index (Phi) is 3.12. The molecule has 3 N–H and O–H groups in total. The molecule has 5 heteroatoms. The molecule has 1 aliphatic carbocycles. The summed E-state index contributed by atoms with van der Waals surface area (Å²) in [6.45, 7) is 2.43. The fourth-order valence-electron chi connectivity index (χ4n) is 2.23. The topological polar surface area (TPSA) is 72.9 Å². The Hall–Kier alpha value is -1.52. The molecule has 1 saturated carbocycles. The summed E-state index contributed by atoms with van der Waals surface area (Å²) in [5, 5.41) is 7.03. The van der Waals surface area contributed by atoms with Crippen LogP contribution in [0.15, 0.2) is 12.4 Å². The van der Waals surface area contributed by atoms with E-state index >= 15 is 0 Å². The summed E-state index contributed by atoms with van der Waals surface area (Å²) in [6, 6.07) is 0.334. The normalized spacial score (nSPS) is 24.6. The van der Waals surface area contributed by atoms with Gasteiger partial charge in [-0.05, 0) is 18.8 Å². The maximum absolute atomic E-state index is 11.7. The van der Waals surface area contributed by atoms with Crippen LogP contribution in [0.4, 0.5) is 5.69 Å². The second-order valence-electron chi connectivity index (χ2n) is 4.55. The Morgan fingerprint density at radius 1 is 1.69 bits per heavy atom. The number of nitrogens with two attached hydrogens (primary N) is 1. The number of hydrogen-bond donors (Lipinski definition) is 2. The Labute approximate surface area is 95.0 Å². The molecule has 0 saturated heterocycles. The third-order valence-electron chi connectivity index (χ3n) is 3.17. The molecule has 1 fully saturated rings. The molecule has 1 aromatic heterocycles. The molecule has 1 aliphatic rings. The number of rotatable bonds is 3. The summed E-state index contributed by atoms with van der Waals surface area (Å²) in [5.41, 5.74) is 6.11. The Balaban J connectivity index is 1.84. The van der Waals surface area contributed by atoms with E-state index in [-0.39, 0.29) is 12.5 Å². The van der Waals surface area contributed by atoms with Gasteiger partial charge in [0, 0.05) is 12.2 Å². The standard InChI is InChI=1S/C11H18N4O/c1-8-3-2-4-10(8)14-11(16)7-15-6-9(12)5-13-15/h5-6,8,10H,2-4,7,12H2,1H3,(H,14,16). The number of carbonyl (C=O) groups is 1. The van der Waals surface area contributed by atoms with Gasteiger partial charge in [-0.3, -0.25) is 9.48 Å². The van der Waals surface area contributed by atoms with Crippen LogP contribution >= 0.6 is 0 Å². The summed E-state index contributed by atoms with van der Waals surface area (Å²) in [4.78, 5) is 11.7. The Morgan fingerprint density at radius 3 is 3.06 bits per heavy atom. The lowest BCUT2D eigenvalue weighted by atomic mass is 10.1. The first-order chi connectivity index (χ1) is 7.65. The highest BCUT2D eigenvalue weighted by Crippen LogP contribution is 2.24. The minimum absolute atomic E-state index is 0.0156. The van der Waals surface area contributed by atoms with Crippen LogP contribution in [0.2, 0.25) is 0 Å². The van der Waals surface area contributed by atoms with E-state index in [1.54, 1.807) is 17.1 Å². The van der Waals surface area contributed by atoms with Gasteiger partial charge >= 0.3 is 0 Å². The van der Waals surface area contributed by atoms with Crippen molar-refractivity contribution in [1.82, 2.24) is 15.1 Å². The highest BCUT2D eigenvalue weighted by atomic mass is 16.2. The SMILES string of the molecule is CC1CCCC1NC(=O)Cn1cc(N)cn1. The van der Waals surface area contributed by atoms with E-state index in [4.69, 9.17) is 5.73 Å². The first-order valence-corrected chi connectivity index (χ1v) is 5.72. The average molecular weight is 222 g/mol. The maximum Gasteiger partial charge on any atom is 0.241 e. The molecule has 0 aromatic carbocycles. The quantitative estimate of drug-likeness (QED) is 0.793. The Bertz CT molecular complexity index is 374. The number of carbonyl (C=O) groups excluding carboxylic acids is 1. The van der Waals surface area contributed by atoms with E-state index in [0.717, 1.165) is 6.42 Å². The van der Waals surface area contributed by atoms with E-state index in [2.05, 4.69) is 17.3 Å². The number of nitrogens with one attached hydrogen (secondary N) is 1. The average Bonchev–Trinajstić information content (AvgIpc) is 2.77. The predicted octanol–water partition coefficient (Wildman–Crippen LogP) is 0.770. The van der Waals surface area contributed by atoms with Crippen molar-refractivity contribution < 1.29 is 4.79 Å². The first-order valence-electron chi connectivity index (χ1n) is 5.72. The molecule has 2 atom stereocenters. The number of anilines is 1. The third-order valence-corrected chi connectivity index (χ3v) is 3.17. The summed E-state index contributed by atoms with van der Waals surface area (Å²) in [5.74, 6) is 0.605. The number of nitrogen functional groups attached to an aromatic ring is 1. The molecule has 1 amide bonds. The van der Waals surface area contributed by atoms with Crippen LogP contribution in [0.5, 0.6) is 0 Å². The summed E-state index contributed by atoms with van der Waals surface area (Å²) in [6.07, 6.45) is 6.72. The second-order valence-corrected chi connectivity index (χ2v) is 4.55. The zero-order valence-electron chi connectivity index (χ0n) is 9.52. The van der Waals surface area contributed by atoms with Crippen molar-refractivity contribution in [2.75, 3.05) is 5.73 Å². The lowest BCUT2D eigenvalue weighted by molar-refractivity contribution is -0.122. The van der Waals surface area contributed by atoms with Gasteiger partial charge in [0.2, 0.25) is 5.91 Å². The molecule has 1 heterocycles. The zero-order valence-corrected chi connectivity index (χ0v) is 9.52. The first kappa shape index (κ1) is 11.0. The van der Waals surface area contributed by atoms with Crippen molar-refractivity contribution in [2.45, 2.75) is 38.8 Å². The zero-order chi connectivity index (χ0) is 11.5. The molecular weight excluding hydrogens is 204 g/mol. The number of nitrogens with zero attached hydrogens (tertiary/aromatic N) is 2. The van der Waals surface area contributed by atoms with Gasteiger partial charge in [-0.1, -0.05) is 13.3 Å². The molecule has 16 heavy (non-hydrogen) atoms. The van der Waals surface area contributed by atoms with Crippen LogP contribution in [0.25, 0.3) is 0 Å². The lowest BCUT2D eigenvalue weighted by Crippen LogP contribution is -2.38. The van der Waals surface area contributed by atoms with Crippen molar-refractivity contribution in [1.29, 1.82) is 0 Å². The molecule has 0 spiro atoms. The minimum Gasteiger partial charge on any atom is -0.396 e. The highest BCUT2D eigenvalue weighted by molar-refractivity contribution is 5.76. The Morgan fingerprint density at radius 2 is 2.50 bits per heavy atom. The van der Waals surface area contributed by atoms with Gasteiger partial charge in [-0.25, -0.2) is 0 Å². The van der Waals surface area contributed by atoms with Crippen molar-refractivity contribution in [3.05, 3.63) is 12.4 Å². The summed E-state index contributed by atoms with van der Waals surface area (Å²) >= 11 is 0. The fraction of sp³-hybridized carbons (Fsp3) is 0.636. The summed E-state index contributed by atoms with van der Waals surface area (Å²) in [7, 11) is 0. The van der Waals surface area contributed by atoms with Gasteiger partial charge in [0.15, 0.2) is 0 Å². The lowest BCUT2D eigenvalue weighted by Gasteiger charge is -2.17. The van der Waals surface area contributed by atoms with Crippen LogP contribution in [0, 0.1) is 5.92 Å². The van der Waals surface area contributed by atoms with Crippen molar-refractivity contribution in [3.63, 3.8) is 0 Å². The molecule has 0 radical (unpaired) electrons. The van der Waals surface area contributed by atoms with Gasteiger partial charge in [0.05, 0.1) is 11.9 Å². The van der Waals surface area contributed by atoms with E-state index in [9.17, 15) is 4.79 Å². The van der Waals surface area contributed by atoms with Crippen molar-refractivity contribution >= 4 is 11.6 Å². The van der Waals surface area contributed by atoms with Crippen LogP contribution in [-0.4, -0.2) is 21.7 Å². The van der Waals surface area contributed by atoms with Gasteiger partial charge in [-0.2, -0.15) is 5.10 Å². The van der Waals surface area contributed by atoms with Gasteiger partial charge in [0.1, 0.15) is 6.54 Å². The molecule has 2 unspecified atom stereocenters. The number of hydrogen-bond acceptors (Lipinski definition) is 3. The molecular formula is C11H18N4O. The molecule has 5 nitrogen and oxygen atoms in total. The van der Waals surface area contributed by atoms with E-state index in [1.807, 2.05) is 0 Å². The molecule has 0 bridgehead atoms. The molecule has 2 rings (SSSR count). The molecule has 88 valence electrons. The third kappa shape index (κ3) is 2.53. The van der Waals surface area contributed by atoms with Crippen LogP contribution in [-0.2, 0) is 11.3 Å². The largest absolute Gasteiger partial charge is 0.396 e. The highest BCUT2D eigenvalue weighted by Gasteiger charge is 2.24. The minimum atomic E-state index is 0.0156. The van der Waals surface area contributed by atoms with Crippen molar-refractivity contribution in [3.8, 4) is 0 Å². The van der Waals surface area contributed by atoms with Crippen LogP contribution in [0.3, 0.4) is 0 Å². The van der Waals surface area contributed by atoms with Crippen molar-refractivity contribution in [2.24, 2.45) is 5.92 Å². The molecule has 0 aliphatic heterocycles. The number of amides is 1. The smallest absolute Gasteiger partial charge is 0.241 e. The molecule has 1 aromatic rings. The van der Waals surface area contributed by atoms with Crippen LogP contribution < -0.4 is 11.1 Å². The van der Waals surface area contributed by atoms with E-state index in [0.29, 0.717) is 17.6 Å². The fourth-order valence-corrected chi connectivity index (χ4v) is 2.23.